The maximum Gasteiger partial charge on any atom is 0.164 e. The predicted molar refractivity (Wildman–Crippen MR) is 55.5 cm³/mol. The van der Waals surface area contributed by atoms with E-state index in [2.05, 4.69) is 0 Å². The molecule has 0 spiro atoms. The van der Waals surface area contributed by atoms with Gasteiger partial charge in [-0.05, 0) is 25.5 Å². The van der Waals surface area contributed by atoms with Gasteiger partial charge in [0, 0.05) is 12.0 Å². The molecule has 0 fully saturated rings. The molecule has 0 aromatic heterocycles. The third-order valence-electron chi connectivity index (χ3n) is 2.02. The summed E-state index contributed by atoms with van der Waals surface area (Å²) in [6, 6.07) is 3.83. The first-order chi connectivity index (χ1) is 6.06. The summed E-state index contributed by atoms with van der Waals surface area (Å²) in [7, 11) is 0. The molecule has 0 heterocycles. The number of hydrogen-bond acceptors (Lipinski definition) is 1. The molecular formula is C11H13ClO. The van der Waals surface area contributed by atoms with Gasteiger partial charge in [-0.25, -0.2) is 0 Å². The van der Waals surface area contributed by atoms with E-state index in [0.717, 1.165) is 11.1 Å². The first kappa shape index (κ1) is 10.3. The fourth-order valence-electron chi connectivity index (χ4n) is 1.34. The summed E-state index contributed by atoms with van der Waals surface area (Å²) in [5, 5.41) is 0.595. The van der Waals surface area contributed by atoms with E-state index in [1.807, 2.05) is 32.9 Å². The molecule has 0 atom stereocenters. The van der Waals surface area contributed by atoms with Crippen LogP contribution in [0.4, 0.5) is 0 Å². The summed E-state index contributed by atoms with van der Waals surface area (Å²) >= 11 is 6.02. The average Bonchev–Trinajstić information content (AvgIpc) is 2.10. The third kappa shape index (κ3) is 2.10. The maximum absolute atomic E-state index is 11.5. The molecule has 0 saturated heterocycles. The molecule has 13 heavy (non-hydrogen) atoms. The number of hydrogen-bond donors (Lipinski definition) is 0. The molecule has 1 rings (SSSR count). The summed E-state index contributed by atoms with van der Waals surface area (Å²) < 4.78 is 0. The molecule has 0 aliphatic carbocycles. The zero-order chi connectivity index (χ0) is 10.0. The van der Waals surface area contributed by atoms with Gasteiger partial charge in [-0.1, -0.05) is 30.2 Å². The molecule has 0 aliphatic heterocycles. The van der Waals surface area contributed by atoms with Gasteiger partial charge in [0.25, 0.3) is 0 Å². The van der Waals surface area contributed by atoms with Gasteiger partial charge in [-0.15, -0.1) is 0 Å². The van der Waals surface area contributed by atoms with Crippen molar-refractivity contribution in [1.82, 2.24) is 0 Å². The SMILES string of the molecule is CCC(=O)c1cc(C)cc(C)c1Cl. The number of Topliss-reactive ketones (excluding diaryl/α,β-unsaturated/α-hetero) is 1. The topological polar surface area (TPSA) is 17.1 Å². The first-order valence-corrected chi connectivity index (χ1v) is 4.74. The van der Waals surface area contributed by atoms with Crippen LogP contribution in [0.5, 0.6) is 0 Å². The van der Waals surface area contributed by atoms with Crippen LogP contribution < -0.4 is 0 Å². The molecule has 2 heteroatoms. The van der Waals surface area contributed by atoms with Gasteiger partial charge in [0.05, 0.1) is 5.02 Å². The quantitative estimate of drug-likeness (QED) is 0.662. The van der Waals surface area contributed by atoms with E-state index in [9.17, 15) is 4.79 Å². The molecular weight excluding hydrogens is 184 g/mol. The van der Waals surface area contributed by atoms with E-state index in [4.69, 9.17) is 11.6 Å². The van der Waals surface area contributed by atoms with Crippen LogP contribution in [0.25, 0.3) is 0 Å². The summed E-state index contributed by atoms with van der Waals surface area (Å²) in [5.41, 5.74) is 2.71. The highest BCUT2D eigenvalue weighted by Crippen LogP contribution is 2.23. The van der Waals surface area contributed by atoms with Crippen molar-refractivity contribution in [2.75, 3.05) is 0 Å². The number of benzene rings is 1. The van der Waals surface area contributed by atoms with Gasteiger partial charge in [0.15, 0.2) is 5.78 Å². The van der Waals surface area contributed by atoms with Crippen LogP contribution in [0.3, 0.4) is 0 Å². The Kier molecular flexibility index (Phi) is 3.10. The van der Waals surface area contributed by atoms with E-state index in [-0.39, 0.29) is 5.78 Å². The molecule has 0 radical (unpaired) electrons. The lowest BCUT2D eigenvalue weighted by Crippen LogP contribution is -1.99. The second kappa shape index (κ2) is 3.93. The van der Waals surface area contributed by atoms with Gasteiger partial charge in [0.1, 0.15) is 0 Å². The molecule has 0 N–H and O–H groups in total. The monoisotopic (exact) mass is 196 g/mol. The van der Waals surface area contributed by atoms with E-state index >= 15 is 0 Å². The summed E-state index contributed by atoms with van der Waals surface area (Å²) in [5.74, 6) is 0.108. The van der Waals surface area contributed by atoms with Gasteiger partial charge in [-0.3, -0.25) is 4.79 Å². The second-order valence-corrected chi connectivity index (χ2v) is 3.60. The Hall–Kier alpha value is -0.820. The second-order valence-electron chi connectivity index (χ2n) is 3.22. The Morgan fingerprint density at radius 3 is 2.54 bits per heavy atom. The summed E-state index contributed by atoms with van der Waals surface area (Å²) in [4.78, 5) is 11.5. The Morgan fingerprint density at radius 2 is 2.00 bits per heavy atom. The highest BCUT2D eigenvalue weighted by molar-refractivity contribution is 6.34. The Morgan fingerprint density at radius 1 is 1.38 bits per heavy atom. The minimum atomic E-state index is 0.108. The minimum absolute atomic E-state index is 0.108. The van der Waals surface area contributed by atoms with Crippen LogP contribution in [-0.4, -0.2) is 5.78 Å². The molecule has 0 aliphatic rings. The van der Waals surface area contributed by atoms with Crippen molar-refractivity contribution in [3.63, 3.8) is 0 Å². The summed E-state index contributed by atoms with van der Waals surface area (Å²) in [6.07, 6.45) is 0.503. The number of carbonyl (C=O) groups is 1. The van der Waals surface area contributed by atoms with E-state index in [1.54, 1.807) is 0 Å². The van der Waals surface area contributed by atoms with Gasteiger partial charge in [-0.2, -0.15) is 0 Å². The van der Waals surface area contributed by atoms with Crippen molar-refractivity contribution in [2.24, 2.45) is 0 Å². The first-order valence-electron chi connectivity index (χ1n) is 4.36. The fourth-order valence-corrected chi connectivity index (χ4v) is 1.56. The van der Waals surface area contributed by atoms with Crippen LogP contribution in [0, 0.1) is 13.8 Å². The summed E-state index contributed by atoms with van der Waals surface area (Å²) in [6.45, 7) is 5.73. The van der Waals surface area contributed by atoms with Crippen molar-refractivity contribution in [3.8, 4) is 0 Å². The Labute approximate surface area is 83.7 Å². The van der Waals surface area contributed by atoms with Gasteiger partial charge in [0.2, 0.25) is 0 Å². The lowest BCUT2D eigenvalue weighted by molar-refractivity contribution is 0.0988. The molecule has 0 amide bonds. The molecule has 0 unspecified atom stereocenters. The number of rotatable bonds is 2. The Bertz CT molecular complexity index is 342. The van der Waals surface area contributed by atoms with Crippen molar-refractivity contribution in [2.45, 2.75) is 27.2 Å². The minimum Gasteiger partial charge on any atom is -0.294 e. The lowest BCUT2D eigenvalue weighted by atomic mass is 10.0. The van der Waals surface area contributed by atoms with Crippen LogP contribution >= 0.6 is 11.6 Å². The molecule has 1 aromatic carbocycles. The highest BCUT2D eigenvalue weighted by Gasteiger charge is 2.10. The number of halogens is 1. The average molecular weight is 197 g/mol. The van der Waals surface area contributed by atoms with Crippen LogP contribution in [-0.2, 0) is 0 Å². The molecule has 1 aromatic rings. The molecule has 0 bridgehead atoms. The normalized spacial score (nSPS) is 10.2. The van der Waals surface area contributed by atoms with Gasteiger partial charge < -0.3 is 0 Å². The van der Waals surface area contributed by atoms with Crippen LogP contribution in [0.1, 0.15) is 34.8 Å². The molecule has 0 saturated carbocycles. The van der Waals surface area contributed by atoms with Crippen LogP contribution in [0.2, 0.25) is 5.02 Å². The van der Waals surface area contributed by atoms with E-state index < -0.39 is 0 Å². The standard InChI is InChI=1S/C11H13ClO/c1-4-10(13)9-6-7(2)5-8(3)11(9)12/h5-6H,4H2,1-3H3. The molecule has 70 valence electrons. The van der Waals surface area contributed by atoms with E-state index in [0.29, 0.717) is 17.0 Å². The number of ketones is 1. The third-order valence-corrected chi connectivity index (χ3v) is 2.52. The zero-order valence-electron chi connectivity index (χ0n) is 8.15. The largest absolute Gasteiger partial charge is 0.294 e. The number of carbonyl (C=O) groups excluding carboxylic acids is 1. The number of aryl methyl sites for hydroxylation is 2. The molecule has 1 nitrogen and oxygen atoms in total. The highest BCUT2D eigenvalue weighted by atomic mass is 35.5. The van der Waals surface area contributed by atoms with Crippen molar-refractivity contribution < 1.29 is 4.79 Å². The smallest absolute Gasteiger partial charge is 0.164 e. The van der Waals surface area contributed by atoms with Gasteiger partial charge >= 0.3 is 0 Å². The van der Waals surface area contributed by atoms with E-state index in [1.165, 1.54) is 0 Å². The van der Waals surface area contributed by atoms with Crippen molar-refractivity contribution in [3.05, 3.63) is 33.8 Å². The van der Waals surface area contributed by atoms with Crippen molar-refractivity contribution in [1.29, 1.82) is 0 Å². The lowest BCUT2D eigenvalue weighted by Gasteiger charge is -2.06. The zero-order valence-corrected chi connectivity index (χ0v) is 8.90. The maximum atomic E-state index is 11.5. The Balaban J connectivity index is 3.28. The van der Waals surface area contributed by atoms with Crippen LogP contribution in [0.15, 0.2) is 12.1 Å². The predicted octanol–water partition coefficient (Wildman–Crippen LogP) is 3.55. The fraction of sp³-hybridized carbons (Fsp3) is 0.364. The van der Waals surface area contributed by atoms with Crippen molar-refractivity contribution >= 4 is 17.4 Å².